The molecule has 2 amide bonds. The lowest BCUT2D eigenvalue weighted by molar-refractivity contribution is -0.117. The van der Waals surface area contributed by atoms with Crippen LogP contribution < -0.4 is 10.6 Å². The van der Waals surface area contributed by atoms with Crippen molar-refractivity contribution >= 4 is 17.7 Å². The molecule has 0 aliphatic rings. The molecule has 0 saturated heterocycles. The number of nitrogens with one attached hydrogen (secondary N) is 2. The first-order chi connectivity index (χ1) is 9.17. The van der Waals surface area contributed by atoms with Crippen LogP contribution in [0, 0.1) is 6.92 Å². The smallest absolute Gasteiger partial charge is 0.408 e. The Morgan fingerprint density at radius 2 is 1.90 bits per heavy atom. The minimum atomic E-state index is -0.676. The van der Waals surface area contributed by atoms with Crippen molar-refractivity contribution in [2.24, 2.45) is 0 Å². The van der Waals surface area contributed by atoms with E-state index < -0.39 is 17.7 Å². The van der Waals surface area contributed by atoms with E-state index in [0.29, 0.717) is 5.69 Å². The number of anilines is 1. The fourth-order valence-electron chi connectivity index (χ4n) is 1.52. The number of ether oxygens (including phenoxy) is 1. The van der Waals surface area contributed by atoms with Gasteiger partial charge < -0.3 is 15.4 Å². The quantitative estimate of drug-likeness (QED) is 0.893. The van der Waals surface area contributed by atoms with Crippen molar-refractivity contribution in [2.75, 3.05) is 5.32 Å². The highest BCUT2D eigenvalue weighted by atomic mass is 16.6. The van der Waals surface area contributed by atoms with Crippen molar-refractivity contribution in [3.8, 4) is 0 Å². The summed E-state index contributed by atoms with van der Waals surface area (Å²) in [7, 11) is 0. The van der Waals surface area contributed by atoms with Crippen LogP contribution in [0.25, 0.3) is 0 Å². The van der Waals surface area contributed by atoms with Gasteiger partial charge in [-0.3, -0.25) is 4.79 Å². The molecule has 0 aromatic heterocycles. The number of aryl methyl sites for hydroxylation is 1. The number of carbonyl (C=O) groups excluding carboxylic acids is 2. The third-order valence-electron chi connectivity index (χ3n) is 2.41. The molecule has 1 rings (SSSR count). The van der Waals surface area contributed by atoms with Crippen LogP contribution in [0.3, 0.4) is 0 Å². The minimum Gasteiger partial charge on any atom is -0.444 e. The van der Waals surface area contributed by atoms with Gasteiger partial charge in [0.05, 0.1) is 0 Å². The number of benzene rings is 1. The number of rotatable bonds is 3. The van der Waals surface area contributed by atoms with Crippen LogP contribution in [-0.4, -0.2) is 23.6 Å². The molecule has 20 heavy (non-hydrogen) atoms. The molecule has 110 valence electrons. The molecule has 1 atom stereocenters. The Morgan fingerprint density at radius 3 is 2.45 bits per heavy atom. The number of carbonyl (C=O) groups is 2. The van der Waals surface area contributed by atoms with Gasteiger partial charge in [-0.25, -0.2) is 4.79 Å². The van der Waals surface area contributed by atoms with Crippen LogP contribution >= 0.6 is 0 Å². The van der Waals surface area contributed by atoms with E-state index in [0.717, 1.165) is 5.56 Å². The minimum absolute atomic E-state index is 0.290. The van der Waals surface area contributed by atoms with Crippen LogP contribution in [0.2, 0.25) is 0 Å². The number of hydrogen-bond donors (Lipinski definition) is 2. The maximum Gasteiger partial charge on any atom is 0.408 e. The van der Waals surface area contributed by atoms with E-state index in [1.165, 1.54) is 0 Å². The lowest BCUT2D eigenvalue weighted by Gasteiger charge is -2.21. The summed E-state index contributed by atoms with van der Waals surface area (Å²) in [4.78, 5) is 23.5. The van der Waals surface area contributed by atoms with Crippen molar-refractivity contribution < 1.29 is 14.3 Å². The van der Waals surface area contributed by atoms with Crippen molar-refractivity contribution in [2.45, 2.75) is 46.3 Å². The fourth-order valence-corrected chi connectivity index (χ4v) is 1.52. The molecule has 5 nitrogen and oxygen atoms in total. The molecule has 0 heterocycles. The van der Waals surface area contributed by atoms with Crippen LogP contribution in [0.15, 0.2) is 24.3 Å². The molecule has 2 N–H and O–H groups in total. The summed E-state index contributed by atoms with van der Waals surface area (Å²) in [5, 5.41) is 5.24. The van der Waals surface area contributed by atoms with Gasteiger partial charge in [-0.1, -0.05) is 12.1 Å². The molecule has 0 radical (unpaired) electrons. The third-order valence-corrected chi connectivity index (χ3v) is 2.41. The van der Waals surface area contributed by atoms with E-state index >= 15 is 0 Å². The molecular weight excluding hydrogens is 256 g/mol. The van der Waals surface area contributed by atoms with Gasteiger partial charge in [-0.05, 0) is 52.3 Å². The Balaban J connectivity index is 2.53. The van der Waals surface area contributed by atoms with Crippen molar-refractivity contribution in [1.82, 2.24) is 5.32 Å². The lowest BCUT2D eigenvalue weighted by Crippen LogP contribution is -2.43. The molecular formula is C15H22N2O3. The highest BCUT2D eigenvalue weighted by Crippen LogP contribution is 2.10. The van der Waals surface area contributed by atoms with E-state index in [9.17, 15) is 9.59 Å². The van der Waals surface area contributed by atoms with Gasteiger partial charge in [-0.2, -0.15) is 0 Å². The third kappa shape index (κ3) is 5.73. The molecule has 1 aromatic carbocycles. The topological polar surface area (TPSA) is 67.4 Å². The molecule has 5 heteroatoms. The Morgan fingerprint density at radius 1 is 1.25 bits per heavy atom. The monoisotopic (exact) mass is 278 g/mol. The number of amides is 2. The lowest BCUT2D eigenvalue weighted by atomic mass is 10.2. The molecule has 0 aliphatic carbocycles. The first-order valence-corrected chi connectivity index (χ1v) is 6.54. The zero-order valence-electron chi connectivity index (χ0n) is 12.6. The maximum atomic E-state index is 11.9. The standard InChI is InChI=1S/C15H22N2O3/c1-10-7-6-8-12(9-10)17-13(18)11(2)16-14(19)20-15(3,4)5/h6-9,11H,1-5H3,(H,16,19)(H,17,18)/t11-/m1/s1. The predicted octanol–water partition coefficient (Wildman–Crippen LogP) is 2.85. The second-order valence-electron chi connectivity index (χ2n) is 5.73. The average molecular weight is 278 g/mol. The van der Waals surface area contributed by atoms with Gasteiger partial charge in [0.25, 0.3) is 0 Å². The van der Waals surface area contributed by atoms with Gasteiger partial charge >= 0.3 is 6.09 Å². The van der Waals surface area contributed by atoms with Gasteiger partial charge in [0.1, 0.15) is 11.6 Å². The summed E-state index contributed by atoms with van der Waals surface area (Å²) in [6.45, 7) is 8.85. The summed E-state index contributed by atoms with van der Waals surface area (Å²) in [6.07, 6.45) is -0.607. The average Bonchev–Trinajstić information content (AvgIpc) is 2.25. The van der Waals surface area contributed by atoms with Crippen molar-refractivity contribution in [1.29, 1.82) is 0 Å². The molecule has 1 aromatic rings. The van der Waals surface area contributed by atoms with Gasteiger partial charge in [0.2, 0.25) is 5.91 Å². The second-order valence-corrected chi connectivity index (χ2v) is 5.73. The summed E-state index contributed by atoms with van der Waals surface area (Å²) < 4.78 is 5.10. The molecule has 0 spiro atoms. The molecule has 0 saturated carbocycles. The van der Waals surface area contributed by atoms with Crippen molar-refractivity contribution in [3.63, 3.8) is 0 Å². The highest BCUT2D eigenvalue weighted by Gasteiger charge is 2.20. The van der Waals surface area contributed by atoms with E-state index in [1.807, 2.05) is 25.1 Å². The highest BCUT2D eigenvalue weighted by molar-refractivity contribution is 5.96. The normalized spacial score (nSPS) is 12.4. The van der Waals surface area contributed by atoms with E-state index in [-0.39, 0.29) is 5.91 Å². The summed E-state index contributed by atoms with van der Waals surface area (Å²) >= 11 is 0. The maximum absolute atomic E-state index is 11.9. The molecule has 0 unspecified atom stereocenters. The van der Waals surface area contributed by atoms with Gasteiger partial charge in [0.15, 0.2) is 0 Å². The number of hydrogen-bond acceptors (Lipinski definition) is 3. The Hall–Kier alpha value is -2.04. The fraction of sp³-hybridized carbons (Fsp3) is 0.467. The zero-order chi connectivity index (χ0) is 15.3. The molecule has 0 bridgehead atoms. The van der Waals surface area contributed by atoms with E-state index in [1.54, 1.807) is 33.8 Å². The summed E-state index contributed by atoms with van der Waals surface area (Å²) in [6, 6.07) is 6.78. The summed E-state index contributed by atoms with van der Waals surface area (Å²) in [5.74, 6) is -0.290. The van der Waals surface area contributed by atoms with E-state index in [4.69, 9.17) is 4.74 Å². The SMILES string of the molecule is Cc1cccc(NC(=O)[C@@H](C)NC(=O)OC(C)(C)C)c1. The van der Waals surface area contributed by atoms with Crippen LogP contribution in [0.5, 0.6) is 0 Å². The first-order valence-electron chi connectivity index (χ1n) is 6.54. The molecule has 0 aliphatic heterocycles. The molecule has 0 fully saturated rings. The Bertz CT molecular complexity index is 492. The van der Waals surface area contributed by atoms with Crippen LogP contribution in [0.4, 0.5) is 10.5 Å². The predicted molar refractivity (Wildman–Crippen MR) is 78.6 cm³/mol. The van der Waals surface area contributed by atoms with Crippen LogP contribution in [0.1, 0.15) is 33.3 Å². The van der Waals surface area contributed by atoms with Crippen molar-refractivity contribution in [3.05, 3.63) is 29.8 Å². The Labute approximate surface area is 119 Å². The zero-order valence-corrected chi connectivity index (χ0v) is 12.6. The van der Waals surface area contributed by atoms with Gasteiger partial charge in [0, 0.05) is 5.69 Å². The number of alkyl carbamates (subject to hydrolysis) is 1. The summed E-state index contributed by atoms with van der Waals surface area (Å²) in [5.41, 5.74) is 1.17. The first kappa shape index (κ1) is 16.0. The largest absolute Gasteiger partial charge is 0.444 e. The van der Waals surface area contributed by atoms with Gasteiger partial charge in [-0.15, -0.1) is 0 Å². The Kier molecular flexibility index (Phi) is 5.13. The van der Waals surface area contributed by atoms with E-state index in [2.05, 4.69) is 10.6 Å². The van der Waals surface area contributed by atoms with Crippen LogP contribution in [-0.2, 0) is 9.53 Å². The second kappa shape index (κ2) is 6.41.